The Hall–Kier alpha value is -2.73. The van der Waals surface area contributed by atoms with Gasteiger partial charge in [-0.15, -0.1) is 0 Å². The number of aliphatic hydroxyl groups is 2. The molecule has 4 heterocycles. The highest BCUT2D eigenvalue weighted by molar-refractivity contribution is 7.47. The molecule has 2 aliphatic heterocycles. The van der Waals surface area contributed by atoms with Crippen LogP contribution < -0.4 is 28.2 Å². The quantitative estimate of drug-likeness (QED) is 0.169. The number of hydrogen-bond acceptors (Lipinski definition) is 12. The predicted octanol–water partition coefficient (Wildman–Crippen LogP) is -2.54. The molecule has 2 aromatic heterocycles. The average Bonchev–Trinajstić information content (AvgIpc) is 3.44. The van der Waals surface area contributed by atoms with Gasteiger partial charge in [-0.2, -0.15) is 0 Å². The van der Waals surface area contributed by atoms with Gasteiger partial charge in [-0.1, -0.05) is 0 Å². The molecule has 216 valence electrons. The summed E-state index contributed by atoms with van der Waals surface area (Å²) in [5.74, 6) is 0. The van der Waals surface area contributed by atoms with Crippen molar-refractivity contribution < 1.29 is 38.2 Å². The molecule has 17 nitrogen and oxygen atoms in total. The van der Waals surface area contributed by atoms with Gasteiger partial charge in [0.15, 0.2) is 0 Å². The normalized spacial score (nSPS) is 29.4. The highest BCUT2D eigenvalue weighted by Crippen LogP contribution is 2.48. The fraction of sp³-hybridized carbons (Fsp3) is 0.619. The van der Waals surface area contributed by atoms with E-state index >= 15 is 0 Å². The summed E-state index contributed by atoms with van der Waals surface area (Å²) in [5.41, 5.74) is 3.88. The van der Waals surface area contributed by atoms with Crippen LogP contribution in [0, 0.1) is 13.8 Å². The number of hydrogen-bond donors (Lipinski definition) is 6. The van der Waals surface area contributed by atoms with Crippen LogP contribution in [-0.2, 0) is 23.1 Å². The summed E-state index contributed by atoms with van der Waals surface area (Å²) in [4.78, 5) is 62.1. The molecule has 4 rings (SSSR count). The van der Waals surface area contributed by atoms with Crippen LogP contribution in [0.25, 0.3) is 0 Å². The summed E-state index contributed by atoms with van der Waals surface area (Å²) in [6.07, 6.45) is -4.08. The Kier molecular flexibility index (Phi) is 8.55. The van der Waals surface area contributed by atoms with E-state index in [9.17, 15) is 38.8 Å². The van der Waals surface area contributed by atoms with E-state index in [4.69, 9.17) is 24.3 Å². The number of ether oxygens (including phenoxy) is 2. The van der Waals surface area contributed by atoms with Gasteiger partial charge in [0.25, 0.3) is 11.1 Å². The average molecular weight is 575 g/mol. The summed E-state index contributed by atoms with van der Waals surface area (Å²) >= 11 is 0. The Balaban J connectivity index is 1.37. The second-order valence-corrected chi connectivity index (χ2v) is 10.8. The minimum absolute atomic E-state index is 0.0420. The molecule has 2 fully saturated rings. The third-order valence-electron chi connectivity index (χ3n) is 6.53. The number of nitrogens with one attached hydrogen (secondary N) is 2. The van der Waals surface area contributed by atoms with Crippen molar-refractivity contribution >= 4 is 7.82 Å². The van der Waals surface area contributed by atoms with Crippen LogP contribution in [0.1, 0.15) is 36.4 Å². The topological polar surface area (TPSA) is 250 Å². The number of aromatic nitrogens is 4. The zero-order valence-corrected chi connectivity index (χ0v) is 21.9. The van der Waals surface area contributed by atoms with Gasteiger partial charge in [0.1, 0.15) is 30.8 Å². The first-order chi connectivity index (χ1) is 18.3. The lowest BCUT2D eigenvalue weighted by Gasteiger charge is -2.24. The summed E-state index contributed by atoms with van der Waals surface area (Å²) in [5, 5.41) is 20.1. The molecule has 7 N–H and O–H groups in total. The van der Waals surface area contributed by atoms with E-state index in [2.05, 4.69) is 9.97 Å². The highest BCUT2D eigenvalue weighted by atomic mass is 31.2. The van der Waals surface area contributed by atoms with Crippen molar-refractivity contribution in [2.24, 2.45) is 5.73 Å². The standard InChI is InChI=1S/C21H30N5O12P/c1-9-5-25(20(31)23-18(9)29)15-3-12(28)17(37-15)11(22)8-35-39(33,34)38-13-4-16(36-14(13)7-27)26-6-10(2)19(30)24-21(26)32/h5-6,11-17,27-28H,3-4,7-8,22H2,1-2H3,(H,33,34)(H,23,29,31)(H,24,30,32)/t11-,12-,13-,14+,15+,16+,17+/m0/s1. The lowest BCUT2D eigenvalue weighted by molar-refractivity contribution is -0.0509. The summed E-state index contributed by atoms with van der Waals surface area (Å²) in [7, 11) is -4.80. The van der Waals surface area contributed by atoms with Crippen LogP contribution in [0.5, 0.6) is 0 Å². The first-order valence-electron chi connectivity index (χ1n) is 11.9. The SMILES string of the molecule is Cc1cn([C@H]2C[C@H](O)[C@@H]([C@@H](N)COP(=O)(O)O[C@H]3C[C@H](n4cc(C)c(=O)[nH]c4=O)O[C@@H]3CO)O2)c(=O)[nH]c1=O. The maximum Gasteiger partial charge on any atom is 0.472 e. The summed E-state index contributed by atoms with van der Waals surface area (Å²) in [6, 6.07) is -1.13. The molecule has 2 aliphatic rings. The van der Waals surface area contributed by atoms with Crippen molar-refractivity contribution in [3.05, 3.63) is 65.2 Å². The van der Waals surface area contributed by atoms with E-state index < -0.39 is 86.4 Å². The molecule has 0 saturated carbocycles. The van der Waals surface area contributed by atoms with Crippen molar-refractivity contribution in [3.63, 3.8) is 0 Å². The number of aromatic amines is 2. The number of nitrogens with zero attached hydrogens (tertiary/aromatic N) is 2. The highest BCUT2D eigenvalue weighted by Gasteiger charge is 2.43. The van der Waals surface area contributed by atoms with Gasteiger partial charge in [-0.25, -0.2) is 14.2 Å². The maximum atomic E-state index is 12.7. The second kappa shape index (κ2) is 11.4. The van der Waals surface area contributed by atoms with Gasteiger partial charge in [0.2, 0.25) is 0 Å². The van der Waals surface area contributed by atoms with Crippen LogP contribution in [0.4, 0.5) is 0 Å². The van der Waals surface area contributed by atoms with Crippen LogP contribution in [-0.4, -0.2) is 77.9 Å². The fourth-order valence-electron chi connectivity index (χ4n) is 4.46. The molecule has 0 amide bonds. The monoisotopic (exact) mass is 575 g/mol. The number of phosphoric acid groups is 1. The van der Waals surface area contributed by atoms with E-state index in [-0.39, 0.29) is 24.0 Å². The minimum Gasteiger partial charge on any atom is -0.394 e. The molecule has 39 heavy (non-hydrogen) atoms. The van der Waals surface area contributed by atoms with Crippen LogP contribution in [0.3, 0.4) is 0 Å². The number of H-pyrrole nitrogens is 2. The van der Waals surface area contributed by atoms with Gasteiger partial charge in [0.05, 0.1) is 25.4 Å². The first kappa shape index (κ1) is 29.3. The van der Waals surface area contributed by atoms with Gasteiger partial charge in [-0.05, 0) is 13.8 Å². The Morgan fingerprint density at radius 3 is 2.13 bits per heavy atom. The van der Waals surface area contributed by atoms with E-state index in [1.54, 1.807) is 0 Å². The van der Waals surface area contributed by atoms with Crippen LogP contribution >= 0.6 is 7.82 Å². The first-order valence-corrected chi connectivity index (χ1v) is 13.4. The molecule has 18 heteroatoms. The smallest absolute Gasteiger partial charge is 0.394 e. The van der Waals surface area contributed by atoms with Gasteiger partial charge >= 0.3 is 19.2 Å². The predicted molar refractivity (Wildman–Crippen MR) is 131 cm³/mol. The molecule has 2 saturated heterocycles. The molecule has 1 unspecified atom stereocenters. The molecule has 2 aromatic rings. The fourth-order valence-corrected chi connectivity index (χ4v) is 5.44. The lowest BCUT2D eigenvalue weighted by atomic mass is 10.1. The Labute approximate surface area is 219 Å². The lowest BCUT2D eigenvalue weighted by Crippen LogP contribution is -2.44. The van der Waals surface area contributed by atoms with E-state index in [0.717, 1.165) is 9.13 Å². The molecular weight excluding hydrogens is 545 g/mol. The molecular formula is C21H30N5O12P. The van der Waals surface area contributed by atoms with Crippen molar-refractivity contribution in [2.75, 3.05) is 13.2 Å². The van der Waals surface area contributed by atoms with Gasteiger partial charge < -0.3 is 30.3 Å². The van der Waals surface area contributed by atoms with Crippen molar-refractivity contribution in [3.8, 4) is 0 Å². The second-order valence-electron chi connectivity index (χ2n) is 9.44. The largest absolute Gasteiger partial charge is 0.472 e. The summed E-state index contributed by atoms with van der Waals surface area (Å²) < 4.78 is 36.3. The number of phosphoric ester groups is 1. The van der Waals surface area contributed by atoms with E-state index in [0.29, 0.717) is 0 Å². The third-order valence-corrected chi connectivity index (χ3v) is 7.54. The van der Waals surface area contributed by atoms with Crippen molar-refractivity contribution in [1.82, 2.24) is 19.1 Å². The summed E-state index contributed by atoms with van der Waals surface area (Å²) in [6.45, 7) is 1.77. The van der Waals surface area contributed by atoms with E-state index in [1.807, 2.05) is 0 Å². The Bertz CT molecular complexity index is 1480. The Morgan fingerprint density at radius 1 is 1.05 bits per heavy atom. The molecule has 8 atom stereocenters. The van der Waals surface area contributed by atoms with Crippen molar-refractivity contribution in [2.45, 2.75) is 69.6 Å². The molecule has 0 aromatic carbocycles. The van der Waals surface area contributed by atoms with Crippen LogP contribution in [0.15, 0.2) is 31.6 Å². The molecule has 0 spiro atoms. The zero-order chi connectivity index (χ0) is 28.6. The minimum atomic E-state index is -4.80. The number of aliphatic hydroxyl groups excluding tert-OH is 2. The molecule has 0 radical (unpaired) electrons. The van der Waals surface area contributed by atoms with Crippen LogP contribution in [0.2, 0.25) is 0 Å². The Morgan fingerprint density at radius 2 is 1.59 bits per heavy atom. The third kappa shape index (κ3) is 6.37. The maximum absolute atomic E-state index is 12.7. The van der Waals surface area contributed by atoms with Crippen molar-refractivity contribution in [1.29, 1.82) is 0 Å². The number of nitrogens with two attached hydrogens (primary N) is 1. The van der Waals surface area contributed by atoms with Gasteiger partial charge in [0, 0.05) is 36.4 Å². The zero-order valence-electron chi connectivity index (χ0n) is 21.0. The number of rotatable bonds is 9. The van der Waals surface area contributed by atoms with E-state index in [1.165, 1.54) is 26.2 Å². The molecule has 0 aliphatic carbocycles. The van der Waals surface area contributed by atoms with Gasteiger partial charge in [-0.3, -0.25) is 37.7 Å². The molecule has 0 bridgehead atoms. The number of aryl methyl sites for hydroxylation is 2.